The Kier molecular flexibility index (Phi) is 4.34. The zero-order valence-electron chi connectivity index (χ0n) is 6.26. The van der Waals surface area contributed by atoms with Crippen molar-refractivity contribution in [3.8, 4) is 0 Å². The average Bonchev–Trinajstić information content (AvgIpc) is 1.98. The highest BCUT2D eigenvalue weighted by molar-refractivity contribution is 5.87. The molecule has 0 saturated carbocycles. The van der Waals surface area contributed by atoms with Gasteiger partial charge in [0.2, 0.25) is 0 Å². The first-order chi connectivity index (χ1) is 5.07. The van der Waals surface area contributed by atoms with Gasteiger partial charge in [-0.05, 0) is 19.1 Å². The maximum atomic E-state index is 12.5. The standard InChI is InChI=1S/C8H10F2O/c1-3-7(9)8(10)5-4-6(2)11/h3-5,7-8H,1H2,2H3/b5-4+. The molecule has 0 radical (unpaired) electrons. The Morgan fingerprint density at radius 1 is 1.45 bits per heavy atom. The molecule has 1 nitrogen and oxygen atoms in total. The normalized spacial score (nSPS) is 16.3. The molecule has 0 aliphatic heterocycles. The van der Waals surface area contributed by atoms with E-state index in [1.54, 1.807) is 0 Å². The monoisotopic (exact) mass is 160 g/mol. The number of carbonyl (C=O) groups excluding carboxylic acids is 1. The summed E-state index contributed by atoms with van der Waals surface area (Å²) in [7, 11) is 0. The highest BCUT2D eigenvalue weighted by Gasteiger charge is 2.12. The van der Waals surface area contributed by atoms with E-state index in [0.29, 0.717) is 0 Å². The lowest BCUT2D eigenvalue weighted by molar-refractivity contribution is -0.112. The highest BCUT2D eigenvalue weighted by Crippen LogP contribution is 2.05. The minimum atomic E-state index is -1.77. The molecule has 11 heavy (non-hydrogen) atoms. The van der Waals surface area contributed by atoms with E-state index in [0.717, 1.165) is 18.2 Å². The van der Waals surface area contributed by atoms with E-state index in [-0.39, 0.29) is 5.78 Å². The highest BCUT2D eigenvalue weighted by atomic mass is 19.2. The van der Waals surface area contributed by atoms with Crippen molar-refractivity contribution in [2.45, 2.75) is 19.3 Å². The van der Waals surface area contributed by atoms with Crippen molar-refractivity contribution in [1.82, 2.24) is 0 Å². The third-order valence-electron chi connectivity index (χ3n) is 1.04. The topological polar surface area (TPSA) is 17.1 Å². The van der Waals surface area contributed by atoms with Crippen molar-refractivity contribution < 1.29 is 13.6 Å². The fourth-order valence-corrected chi connectivity index (χ4v) is 0.464. The van der Waals surface area contributed by atoms with Crippen molar-refractivity contribution in [1.29, 1.82) is 0 Å². The van der Waals surface area contributed by atoms with Gasteiger partial charge in [-0.15, -0.1) is 6.58 Å². The molecule has 0 fully saturated rings. The third kappa shape index (κ3) is 4.42. The van der Waals surface area contributed by atoms with Crippen LogP contribution in [0, 0.1) is 0 Å². The molecule has 0 spiro atoms. The molecule has 0 aromatic rings. The van der Waals surface area contributed by atoms with Crippen LogP contribution in [0.1, 0.15) is 6.92 Å². The average molecular weight is 160 g/mol. The zero-order valence-corrected chi connectivity index (χ0v) is 6.26. The first-order valence-electron chi connectivity index (χ1n) is 3.17. The predicted octanol–water partition coefficient (Wildman–Crippen LogP) is 1.99. The Hall–Kier alpha value is -0.990. The minimum absolute atomic E-state index is 0.302. The van der Waals surface area contributed by atoms with Crippen LogP contribution in [-0.4, -0.2) is 18.1 Å². The van der Waals surface area contributed by atoms with Crippen molar-refractivity contribution in [3.05, 3.63) is 24.8 Å². The molecule has 0 heterocycles. The second kappa shape index (κ2) is 4.77. The molecule has 62 valence electrons. The number of alkyl halides is 2. The molecule has 2 atom stereocenters. The van der Waals surface area contributed by atoms with E-state index in [4.69, 9.17) is 0 Å². The lowest BCUT2D eigenvalue weighted by atomic mass is 10.2. The van der Waals surface area contributed by atoms with Gasteiger partial charge < -0.3 is 0 Å². The van der Waals surface area contributed by atoms with E-state index < -0.39 is 12.3 Å². The van der Waals surface area contributed by atoms with Gasteiger partial charge in [-0.1, -0.05) is 6.08 Å². The lowest BCUT2D eigenvalue weighted by Gasteiger charge is -2.02. The van der Waals surface area contributed by atoms with Gasteiger partial charge in [-0.3, -0.25) is 4.79 Å². The largest absolute Gasteiger partial charge is 0.295 e. The van der Waals surface area contributed by atoms with Crippen molar-refractivity contribution in [2.75, 3.05) is 0 Å². The summed E-state index contributed by atoms with van der Waals surface area (Å²) in [4.78, 5) is 10.3. The van der Waals surface area contributed by atoms with Crippen molar-refractivity contribution >= 4 is 5.78 Å². The van der Waals surface area contributed by atoms with Crippen LogP contribution in [0.4, 0.5) is 8.78 Å². The predicted molar refractivity (Wildman–Crippen MR) is 39.8 cm³/mol. The summed E-state index contributed by atoms with van der Waals surface area (Å²) in [6.07, 6.45) is -0.758. The fourth-order valence-electron chi connectivity index (χ4n) is 0.464. The number of hydrogen-bond donors (Lipinski definition) is 0. The van der Waals surface area contributed by atoms with Crippen LogP contribution in [0.2, 0.25) is 0 Å². The minimum Gasteiger partial charge on any atom is -0.295 e. The number of hydrogen-bond acceptors (Lipinski definition) is 1. The number of rotatable bonds is 4. The van der Waals surface area contributed by atoms with Gasteiger partial charge in [0.25, 0.3) is 0 Å². The van der Waals surface area contributed by atoms with E-state index in [9.17, 15) is 13.6 Å². The summed E-state index contributed by atoms with van der Waals surface area (Å²) in [5.41, 5.74) is 0. The third-order valence-corrected chi connectivity index (χ3v) is 1.04. The van der Waals surface area contributed by atoms with E-state index in [1.807, 2.05) is 0 Å². The summed E-state index contributed by atoms with van der Waals surface area (Å²) in [5.74, 6) is -0.302. The summed E-state index contributed by atoms with van der Waals surface area (Å²) in [5, 5.41) is 0. The number of carbonyl (C=O) groups is 1. The van der Waals surface area contributed by atoms with Gasteiger partial charge in [0.05, 0.1) is 0 Å². The number of ketones is 1. The van der Waals surface area contributed by atoms with Crippen LogP contribution in [0.25, 0.3) is 0 Å². The molecule has 3 heteroatoms. The molecule has 0 rings (SSSR count). The molecule has 0 aliphatic carbocycles. The van der Waals surface area contributed by atoms with Gasteiger partial charge in [0.15, 0.2) is 18.1 Å². The van der Waals surface area contributed by atoms with Crippen LogP contribution < -0.4 is 0 Å². The summed E-state index contributed by atoms with van der Waals surface area (Å²) < 4.78 is 24.8. The first kappa shape index (κ1) is 10.0. The SMILES string of the molecule is C=CC(F)C(F)/C=C/C(C)=O. The molecule has 0 N–H and O–H groups in total. The molecule has 0 aliphatic rings. The first-order valence-corrected chi connectivity index (χ1v) is 3.17. The Labute approximate surface area is 64.4 Å². The quantitative estimate of drug-likeness (QED) is 0.454. The molecular formula is C8H10F2O. The Bertz CT molecular complexity index is 175. The Balaban J connectivity index is 3.94. The maximum Gasteiger partial charge on any atom is 0.153 e. The Morgan fingerprint density at radius 3 is 2.36 bits per heavy atom. The Morgan fingerprint density at radius 2 is 2.00 bits per heavy atom. The van der Waals surface area contributed by atoms with E-state index >= 15 is 0 Å². The fraction of sp³-hybridized carbons (Fsp3) is 0.375. The zero-order chi connectivity index (χ0) is 8.85. The number of halogens is 2. The van der Waals surface area contributed by atoms with E-state index in [2.05, 4.69) is 6.58 Å². The summed E-state index contributed by atoms with van der Waals surface area (Å²) >= 11 is 0. The lowest BCUT2D eigenvalue weighted by Crippen LogP contribution is -2.11. The molecular weight excluding hydrogens is 150 g/mol. The number of allylic oxidation sites excluding steroid dienone is 3. The molecule has 2 unspecified atom stereocenters. The summed E-state index contributed by atoms with van der Waals surface area (Å²) in [6, 6.07) is 0. The van der Waals surface area contributed by atoms with Gasteiger partial charge in [0, 0.05) is 0 Å². The second-order valence-corrected chi connectivity index (χ2v) is 2.09. The second-order valence-electron chi connectivity index (χ2n) is 2.09. The maximum absolute atomic E-state index is 12.5. The summed E-state index contributed by atoms with van der Waals surface area (Å²) in [6.45, 7) is 4.34. The van der Waals surface area contributed by atoms with Crippen molar-refractivity contribution in [2.24, 2.45) is 0 Å². The van der Waals surface area contributed by atoms with Gasteiger partial charge >= 0.3 is 0 Å². The molecule has 0 saturated heterocycles. The molecule has 0 aromatic carbocycles. The molecule has 0 aromatic heterocycles. The van der Waals surface area contributed by atoms with Gasteiger partial charge in [-0.25, -0.2) is 8.78 Å². The molecule has 0 amide bonds. The van der Waals surface area contributed by atoms with Gasteiger partial charge in [-0.2, -0.15) is 0 Å². The smallest absolute Gasteiger partial charge is 0.153 e. The van der Waals surface area contributed by atoms with E-state index in [1.165, 1.54) is 6.92 Å². The van der Waals surface area contributed by atoms with Crippen LogP contribution in [0.15, 0.2) is 24.8 Å². The van der Waals surface area contributed by atoms with Crippen LogP contribution in [-0.2, 0) is 4.79 Å². The molecule has 0 bridgehead atoms. The van der Waals surface area contributed by atoms with Crippen molar-refractivity contribution in [3.63, 3.8) is 0 Å². The van der Waals surface area contributed by atoms with Gasteiger partial charge in [0.1, 0.15) is 0 Å². The van der Waals surface area contributed by atoms with Crippen LogP contribution >= 0.6 is 0 Å². The van der Waals surface area contributed by atoms with Crippen LogP contribution in [0.3, 0.4) is 0 Å². The van der Waals surface area contributed by atoms with Crippen LogP contribution in [0.5, 0.6) is 0 Å².